The Labute approximate surface area is 552 Å². The van der Waals surface area contributed by atoms with E-state index >= 15 is 0 Å². The van der Waals surface area contributed by atoms with E-state index in [2.05, 4.69) is 0 Å². The molecular formula is C69H114O24. The fraction of sp³-hybridized carbons (Fsp3) is 0.826. The van der Waals surface area contributed by atoms with Gasteiger partial charge in [0.05, 0.1) is 59.7 Å². The van der Waals surface area contributed by atoms with Gasteiger partial charge in [0.15, 0.2) is 11.2 Å². The molecule has 6 saturated heterocycles. The Balaban J connectivity index is 0.000000559. The quantitative estimate of drug-likeness (QED) is 0.0909. The molecule has 93 heavy (non-hydrogen) atoms. The summed E-state index contributed by atoms with van der Waals surface area (Å²) < 4.78 is 62.0. The van der Waals surface area contributed by atoms with Crippen LogP contribution in [0.2, 0.25) is 0 Å². The third-order valence-corrected chi connectivity index (χ3v) is 18.1. The molecule has 24 heteroatoms. The van der Waals surface area contributed by atoms with Gasteiger partial charge in [-0.15, -0.1) is 0 Å². The molecule has 6 fully saturated rings. The van der Waals surface area contributed by atoms with Crippen LogP contribution in [0.25, 0.3) is 0 Å². The number of rotatable bonds is 18. The van der Waals surface area contributed by atoms with Crippen LogP contribution in [-0.2, 0) is 114 Å². The van der Waals surface area contributed by atoms with Crippen LogP contribution in [0.3, 0.4) is 0 Å². The lowest BCUT2D eigenvalue weighted by Crippen LogP contribution is -2.42. The first-order chi connectivity index (χ1) is 42.2. The molecule has 6 aliphatic rings. The van der Waals surface area contributed by atoms with Crippen molar-refractivity contribution >= 4 is 71.6 Å². The van der Waals surface area contributed by atoms with Crippen LogP contribution in [0.5, 0.6) is 0 Å². The van der Waals surface area contributed by atoms with Crippen LogP contribution in [0.15, 0.2) is 0 Å². The third-order valence-electron chi connectivity index (χ3n) is 18.1. The van der Waals surface area contributed by atoms with Gasteiger partial charge in [-0.25, -0.2) is 9.59 Å². The Morgan fingerprint density at radius 3 is 1.04 bits per heavy atom. The highest BCUT2D eigenvalue weighted by Crippen LogP contribution is 2.40. The molecule has 0 aromatic rings. The van der Waals surface area contributed by atoms with Gasteiger partial charge < -0.3 is 56.8 Å². The summed E-state index contributed by atoms with van der Waals surface area (Å²) in [5.41, 5.74) is -6.59. The summed E-state index contributed by atoms with van der Waals surface area (Å²) >= 11 is 0. The summed E-state index contributed by atoms with van der Waals surface area (Å²) in [6.45, 7) is 48.8. The maximum Gasteiger partial charge on any atom is 0.351 e. The zero-order chi connectivity index (χ0) is 72.6. The monoisotopic (exact) mass is 1330 g/mol. The minimum atomic E-state index is -1.15. The van der Waals surface area contributed by atoms with Crippen molar-refractivity contribution in [3.05, 3.63) is 0 Å². The van der Waals surface area contributed by atoms with Crippen molar-refractivity contribution < 1.29 is 114 Å². The van der Waals surface area contributed by atoms with Gasteiger partial charge >= 0.3 is 71.6 Å². The molecule has 13 unspecified atom stereocenters. The van der Waals surface area contributed by atoms with Gasteiger partial charge in [-0.3, -0.25) is 47.9 Å². The van der Waals surface area contributed by atoms with Crippen molar-refractivity contribution in [1.29, 1.82) is 0 Å². The molecule has 6 rings (SSSR count). The molecule has 6 heterocycles. The smallest absolute Gasteiger partial charge is 0.351 e. The third kappa shape index (κ3) is 25.1. The molecule has 13 atom stereocenters. The van der Waals surface area contributed by atoms with E-state index in [-0.39, 0.29) is 128 Å². The first-order valence-corrected chi connectivity index (χ1v) is 32.8. The van der Waals surface area contributed by atoms with Gasteiger partial charge in [-0.1, -0.05) is 62.3 Å². The molecule has 0 aromatic heterocycles. The SMILES string of the molecule is CCC(C)(C)C(=O)OC1(C)CC(=O)OC1C.CCC(C)(C)C(=O)OC1(C)CC(C)(C)OC1=O.CCC(C)(C)C(=O)OC1CC(=O)OC1C.CCC(C)C(=O)OC1(C)CC(=O)OC1C.CCC(C)C(=O)OC1(C)CC(C)(C)OC1=O.CCC(C)C(=O)OC1CC(=O)OC1C. The molecule has 6 aliphatic heterocycles. The molecular weight excluding hydrogens is 1210 g/mol. The Morgan fingerprint density at radius 1 is 0.430 bits per heavy atom. The predicted molar refractivity (Wildman–Crippen MR) is 339 cm³/mol. The van der Waals surface area contributed by atoms with Gasteiger partial charge in [0.1, 0.15) is 47.8 Å². The van der Waals surface area contributed by atoms with Crippen molar-refractivity contribution in [2.45, 2.75) is 334 Å². The topological polar surface area (TPSA) is 316 Å². The fourth-order valence-electron chi connectivity index (χ4n) is 8.98. The van der Waals surface area contributed by atoms with Gasteiger partial charge in [-0.05, 0) is 163 Å². The first-order valence-electron chi connectivity index (χ1n) is 32.8. The molecule has 534 valence electrons. The van der Waals surface area contributed by atoms with Gasteiger partial charge in [-0.2, -0.15) is 0 Å². The van der Waals surface area contributed by atoms with E-state index < -0.39 is 74.0 Å². The Hall–Kier alpha value is -6.36. The second-order valence-electron chi connectivity index (χ2n) is 29.3. The highest BCUT2D eigenvalue weighted by Gasteiger charge is 2.55. The molecule has 0 saturated carbocycles. The Bertz CT molecular complexity index is 2650. The highest BCUT2D eigenvalue weighted by atomic mass is 16.7. The molecule has 0 aliphatic carbocycles. The molecule has 0 aromatic carbocycles. The normalized spacial score (nSPS) is 29.1. The molecule has 0 spiro atoms. The maximum absolute atomic E-state index is 12.0. The number of carbonyl (C=O) groups excluding carboxylic acids is 12. The van der Waals surface area contributed by atoms with Gasteiger partial charge in [0.2, 0.25) is 11.2 Å². The first kappa shape index (κ1) is 84.7. The lowest BCUT2D eigenvalue weighted by Gasteiger charge is -2.30. The van der Waals surface area contributed by atoms with E-state index in [0.29, 0.717) is 38.5 Å². The Morgan fingerprint density at radius 2 is 0.742 bits per heavy atom. The maximum atomic E-state index is 12.0. The van der Waals surface area contributed by atoms with E-state index in [1.165, 1.54) is 0 Å². The number of ether oxygens (including phenoxy) is 12. The number of carbonyl (C=O) groups is 12. The summed E-state index contributed by atoms with van der Waals surface area (Å²) in [4.78, 5) is 138. The van der Waals surface area contributed by atoms with E-state index in [4.69, 9.17) is 56.8 Å². The van der Waals surface area contributed by atoms with E-state index in [1.54, 1.807) is 62.3 Å². The summed E-state index contributed by atoms with van der Waals surface area (Å²) in [6.07, 6.45) is 3.50. The number of hydrogen-bond donors (Lipinski definition) is 0. The summed E-state index contributed by atoms with van der Waals surface area (Å²) in [7, 11) is 0. The highest BCUT2D eigenvalue weighted by molar-refractivity contribution is 5.87. The van der Waals surface area contributed by atoms with E-state index in [1.807, 2.05) is 125 Å². The molecule has 0 amide bonds. The predicted octanol–water partition coefficient (Wildman–Crippen LogP) is 11.2. The van der Waals surface area contributed by atoms with Crippen molar-refractivity contribution in [3.8, 4) is 0 Å². The van der Waals surface area contributed by atoms with Crippen LogP contribution >= 0.6 is 0 Å². The second kappa shape index (κ2) is 33.8. The van der Waals surface area contributed by atoms with Crippen LogP contribution in [0.1, 0.15) is 264 Å². The standard InChI is InChI=1S/C13H22O4.2C12H20O4.2C11H18O4.C10H16O4/c1-7-11(2,3)9(14)17-13(6)8-12(4,5)16-10(13)15;1-6-11(3,4)10(14)16-12(5)7-9(13)15-8(12)2;1-6-8(2)9(13)15-12(5)7-11(3,4)16-10(12)14;1-5-11(3,4)10(13)15-8-6-9(12)14-7(8)2;1-5-7(2)10(13)15-11(4)6-9(12)14-8(11)3;1-4-6(2)10(12)14-8-5-9(11)13-7(8)3/h7-8H2,1-6H3;2*8H,6-7H2,1-5H3;2*7-8H,5-6H2,1-4H3;6-8H,4-5H2,1-3H3. The minimum Gasteiger partial charge on any atom is -0.459 e. The van der Waals surface area contributed by atoms with Crippen LogP contribution in [0.4, 0.5) is 0 Å². The lowest BCUT2D eigenvalue weighted by atomic mass is 9.89. The lowest BCUT2D eigenvalue weighted by molar-refractivity contribution is -0.178. The van der Waals surface area contributed by atoms with E-state index in [9.17, 15) is 57.5 Å². The largest absolute Gasteiger partial charge is 0.459 e. The summed E-state index contributed by atoms with van der Waals surface area (Å²) in [5, 5.41) is 0. The molecule has 0 bridgehead atoms. The van der Waals surface area contributed by atoms with E-state index in [0.717, 1.165) is 12.8 Å². The number of esters is 12. The minimum absolute atomic E-state index is 0.113. The molecule has 0 N–H and O–H groups in total. The van der Waals surface area contributed by atoms with Crippen LogP contribution in [-0.4, -0.2) is 142 Å². The van der Waals surface area contributed by atoms with Gasteiger partial charge in [0.25, 0.3) is 0 Å². The second-order valence-corrected chi connectivity index (χ2v) is 29.3. The number of hydrogen-bond acceptors (Lipinski definition) is 24. The molecule has 0 radical (unpaired) electrons. The summed E-state index contributed by atoms with van der Waals surface area (Å²) in [5.74, 6) is -4.27. The number of cyclic esters (lactones) is 6. The Kier molecular flexibility index (Phi) is 30.8. The zero-order valence-corrected chi connectivity index (χ0v) is 61.0. The fourth-order valence-corrected chi connectivity index (χ4v) is 8.98. The van der Waals surface area contributed by atoms with Gasteiger partial charge in [0, 0.05) is 12.8 Å². The van der Waals surface area contributed by atoms with Crippen molar-refractivity contribution in [1.82, 2.24) is 0 Å². The van der Waals surface area contributed by atoms with Crippen LogP contribution < -0.4 is 0 Å². The van der Waals surface area contributed by atoms with Crippen molar-refractivity contribution in [2.75, 3.05) is 0 Å². The molecule has 24 nitrogen and oxygen atoms in total. The van der Waals surface area contributed by atoms with Crippen molar-refractivity contribution in [3.63, 3.8) is 0 Å². The van der Waals surface area contributed by atoms with Crippen molar-refractivity contribution in [2.24, 2.45) is 34.0 Å². The zero-order valence-electron chi connectivity index (χ0n) is 61.0. The average molecular weight is 1330 g/mol. The average Bonchev–Trinajstić information content (AvgIpc) is 1.67. The summed E-state index contributed by atoms with van der Waals surface area (Å²) in [6, 6.07) is 0. The van der Waals surface area contributed by atoms with Crippen LogP contribution in [0, 0.1) is 34.0 Å².